The molecule has 4 aliphatic carbocycles. The zero-order valence-corrected chi connectivity index (χ0v) is 28.3. The minimum atomic E-state index is 0. The van der Waals surface area contributed by atoms with Gasteiger partial charge in [0.15, 0.2) is 0 Å². The molecule has 1 heteroatoms. The summed E-state index contributed by atoms with van der Waals surface area (Å²) < 4.78 is 0. The fraction of sp³-hybridized carbons (Fsp3) is 0.970. The number of rotatable bonds is 3. The normalized spacial score (nSPS) is 33.4. The van der Waals surface area contributed by atoms with E-state index in [4.69, 9.17) is 0 Å². The fourth-order valence-electron chi connectivity index (χ4n) is 7.36. The molecule has 0 saturated heterocycles. The maximum atomic E-state index is 2.54. The van der Waals surface area contributed by atoms with Gasteiger partial charge in [-0.25, -0.2) is 0 Å². The molecule has 4 saturated carbocycles. The Labute approximate surface area is 250 Å². The number of hydrogen-bond donors (Lipinski definition) is 0. The van der Waals surface area contributed by atoms with E-state index in [1.165, 1.54) is 38.5 Å². The average molecular weight is 561 g/mol. The average Bonchev–Trinajstić information content (AvgIpc) is 2.94. The molecule has 0 N–H and O–H groups in total. The van der Waals surface area contributed by atoms with E-state index in [1.807, 2.05) is 55.4 Å². The van der Waals surface area contributed by atoms with Gasteiger partial charge in [0.25, 0.3) is 0 Å². The van der Waals surface area contributed by atoms with Gasteiger partial charge in [0, 0.05) is 38.4 Å². The third-order valence-electron chi connectivity index (χ3n) is 9.18. The fourth-order valence-corrected chi connectivity index (χ4v) is 7.36. The Kier molecular flexibility index (Phi) is 26.8. The molecular formula is C33H75Y-. The van der Waals surface area contributed by atoms with Crippen LogP contribution < -0.4 is 0 Å². The Morgan fingerprint density at radius 2 is 0.588 bits per heavy atom. The maximum Gasteiger partial charge on any atom is 0 e. The summed E-state index contributed by atoms with van der Waals surface area (Å²) in [6.45, 7) is 18.5. The first-order valence-electron chi connectivity index (χ1n) is 16.1. The standard InChI is InChI=1S/C25H43.4C2H6.Y.4H2/c1-19-7-9-21(10-8-19)23-15-17-25(18-16-23)24-13-11-22(12-14-24)20-5-3-2-4-6-20;4*1-2;;;;;/h2,19-25H,3-18H2,1H3;4*1-2H3;;4*1H/q-1;;;;;;;;;. The van der Waals surface area contributed by atoms with Gasteiger partial charge < -0.3 is 6.42 Å². The third-order valence-corrected chi connectivity index (χ3v) is 9.18. The Bertz CT molecular complexity index is 394. The molecule has 1 radical (unpaired) electrons. The number of hydrogen-bond acceptors (Lipinski definition) is 0. The van der Waals surface area contributed by atoms with Gasteiger partial charge in [-0.15, -0.1) is 0 Å². The summed E-state index contributed by atoms with van der Waals surface area (Å²) in [6, 6.07) is 0. The SMILES string of the molecule is CC.CC.CC.CC.CC1CCC(C2CCC(C3CCC(C4CC[CH-]CC4)CC3)CC2)CC1.[HH].[HH].[HH].[HH].[Y]. The van der Waals surface area contributed by atoms with E-state index in [2.05, 4.69) is 13.3 Å². The van der Waals surface area contributed by atoms with Crippen LogP contribution in [-0.4, -0.2) is 0 Å². The first-order chi connectivity index (χ1) is 16.3. The maximum absolute atomic E-state index is 2.54. The molecule has 0 aliphatic heterocycles. The van der Waals surface area contributed by atoms with E-state index < -0.39 is 0 Å². The summed E-state index contributed by atoms with van der Waals surface area (Å²) in [4.78, 5) is 0. The molecule has 0 heterocycles. The largest absolute Gasteiger partial charge is 0.328 e. The smallest absolute Gasteiger partial charge is 0 e. The minimum absolute atomic E-state index is 0. The van der Waals surface area contributed by atoms with Crippen LogP contribution in [0.15, 0.2) is 0 Å². The molecule has 0 nitrogen and oxygen atoms in total. The van der Waals surface area contributed by atoms with E-state index in [0.29, 0.717) is 0 Å². The van der Waals surface area contributed by atoms with Crippen LogP contribution in [0, 0.1) is 47.8 Å². The van der Waals surface area contributed by atoms with Crippen molar-refractivity contribution in [1.29, 1.82) is 0 Å². The summed E-state index contributed by atoms with van der Waals surface area (Å²) in [7, 11) is 0. The van der Waals surface area contributed by atoms with E-state index in [0.717, 1.165) is 41.4 Å². The van der Waals surface area contributed by atoms with Crippen LogP contribution in [0.2, 0.25) is 0 Å². The van der Waals surface area contributed by atoms with Crippen LogP contribution in [0.4, 0.5) is 0 Å². The van der Waals surface area contributed by atoms with Gasteiger partial charge in [-0.05, 0) is 106 Å². The monoisotopic (exact) mass is 560 g/mol. The molecule has 0 aromatic rings. The molecule has 4 fully saturated rings. The van der Waals surface area contributed by atoms with Crippen LogP contribution in [0.25, 0.3) is 0 Å². The van der Waals surface area contributed by atoms with Crippen molar-refractivity contribution in [2.75, 3.05) is 0 Å². The van der Waals surface area contributed by atoms with E-state index in [1.54, 1.807) is 64.2 Å². The van der Waals surface area contributed by atoms with Gasteiger partial charge >= 0.3 is 0 Å². The summed E-state index contributed by atoms with van der Waals surface area (Å²) in [5.74, 6) is 7.65. The zero-order chi connectivity index (χ0) is 25.1. The molecule has 4 rings (SSSR count). The predicted octanol–water partition coefficient (Wildman–Crippen LogP) is 12.9. The van der Waals surface area contributed by atoms with Gasteiger partial charge in [0.2, 0.25) is 0 Å². The second-order valence-corrected chi connectivity index (χ2v) is 10.6. The second kappa shape index (κ2) is 24.4. The van der Waals surface area contributed by atoms with Crippen molar-refractivity contribution in [2.24, 2.45) is 41.4 Å². The van der Waals surface area contributed by atoms with Crippen molar-refractivity contribution < 1.29 is 38.4 Å². The second-order valence-electron chi connectivity index (χ2n) is 10.6. The summed E-state index contributed by atoms with van der Waals surface area (Å²) in [5, 5.41) is 0. The summed E-state index contributed by atoms with van der Waals surface area (Å²) in [5.41, 5.74) is 0. The summed E-state index contributed by atoms with van der Waals surface area (Å²) >= 11 is 0. The molecule has 0 bridgehead atoms. The first-order valence-corrected chi connectivity index (χ1v) is 16.1. The Hall–Kier alpha value is 1.10. The van der Waals surface area contributed by atoms with Crippen LogP contribution >= 0.6 is 0 Å². The molecule has 0 aromatic carbocycles. The van der Waals surface area contributed by atoms with Crippen LogP contribution in [0.1, 0.15) is 171 Å². The van der Waals surface area contributed by atoms with Crippen LogP contribution in [0.5, 0.6) is 0 Å². The zero-order valence-electron chi connectivity index (χ0n) is 25.5. The van der Waals surface area contributed by atoms with Gasteiger partial charge in [-0.2, -0.15) is 12.8 Å². The van der Waals surface area contributed by atoms with Gasteiger partial charge in [0.1, 0.15) is 0 Å². The van der Waals surface area contributed by atoms with E-state index in [9.17, 15) is 0 Å². The molecule has 0 unspecified atom stereocenters. The molecular weight excluding hydrogens is 485 g/mol. The quantitative estimate of drug-likeness (QED) is 0.301. The first kappa shape index (κ1) is 37.3. The van der Waals surface area contributed by atoms with Crippen molar-refractivity contribution in [3.05, 3.63) is 6.42 Å². The Morgan fingerprint density at radius 1 is 0.382 bits per heavy atom. The van der Waals surface area contributed by atoms with Crippen molar-refractivity contribution in [3.63, 3.8) is 0 Å². The Balaban J connectivity index is -0.000000181. The van der Waals surface area contributed by atoms with Gasteiger partial charge in [-0.1, -0.05) is 88.0 Å². The van der Waals surface area contributed by atoms with Crippen molar-refractivity contribution in [1.82, 2.24) is 0 Å². The molecule has 4 aliphatic rings. The van der Waals surface area contributed by atoms with Gasteiger partial charge in [0.05, 0.1) is 0 Å². The predicted molar refractivity (Wildman–Crippen MR) is 162 cm³/mol. The minimum Gasteiger partial charge on any atom is -0.328 e. The molecule has 0 spiro atoms. The molecule has 0 aromatic heterocycles. The molecule has 0 atom stereocenters. The van der Waals surface area contributed by atoms with Crippen molar-refractivity contribution >= 4 is 0 Å². The summed E-state index contributed by atoms with van der Waals surface area (Å²) in [6.07, 6.45) is 27.2. The van der Waals surface area contributed by atoms with Crippen LogP contribution in [0.3, 0.4) is 0 Å². The van der Waals surface area contributed by atoms with E-state index in [-0.39, 0.29) is 38.4 Å². The topological polar surface area (TPSA) is 0 Å². The molecule has 34 heavy (non-hydrogen) atoms. The van der Waals surface area contributed by atoms with Gasteiger partial charge in [-0.3, -0.25) is 0 Å². The van der Waals surface area contributed by atoms with Crippen molar-refractivity contribution in [3.8, 4) is 0 Å². The van der Waals surface area contributed by atoms with Crippen molar-refractivity contribution in [2.45, 2.75) is 165 Å². The third kappa shape index (κ3) is 13.1. The van der Waals surface area contributed by atoms with E-state index >= 15 is 0 Å². The molecule has 211 valence electrons. The van der Waals surface area contributed by atoms with Crippen LogP contribution in [-0.2, 0) is 32.7 Å². The Morgan fingerprint density at radius 3 is 0.853 bits per heavy atom. The molecule has 0 amide bonds.